The van der Waals surface area contributed by atoms with E-state index in [0.717, 1.165) is 42.6 Å². The van der Waals surface area contributed by atoms with E-state index in [0.29, 0.717) is 19.5 Å². The highest BCUT2D eigenvalue weighted by Gasteiger charge is 2.30. The molecule has 7 heteroatoms. The molecular weight excluding hydrogens is 347 g/mol. The van der Waals surface area contributed by atoms with Gasteiger partial charge in [-0.3, -0.25) is 14.7 Å². The zero-order valence-electron chi connectivity index (χ0n) is 15.2. The second-order valence-corrected chi connectivity index (χ2v) is 7.30. The fourth-order valence-electron chi connectivity index (χ4n) is 4.04. The molecule has 2 aliphatic heterocycles. The number of H-pyrrole nitrogens is 1. The van der Waals surface area contributed by atoms with Gasteiger partial charge in [0.05, 0.1) is 12.7 Å². The van der Waals surface area contributed by atoms with Crippen molar-refractivity contribution < 1.29 is 14.0 Å². The van der Waals surface area contributed by atoms with E-state index in [9.17, 15) is 14.0 Å². The number of nitrogens with one attached hydrogen (secondary N) is 1. The number of benzene rings is 1. The topological polar surface area (TPSA) is 69.3 Å². The Hall–Kier alpha value is -2.70. The fourth-order valence-corrected chi connectivity index (χ4v) is 4.04. The molecule has 4 rings (SSSR count). The minimum absolute atomic E-state index is 0.0118. The summed E-state index contributed by atoms with van der Waals surface area (Å²) < 4.78 is 13.2. The Morgan fingerprint density at radius 1 is 1.22 bits per heavy atom. The molecule has 0 bridgehead atoms. The van der Waals surface area contributed by atoms with Gasteiger partial charge < -0.3 is 9.80 Å². The molecule has 3 heterocycles. The lowest BCUT2D eigenvalue weighted by Gasteiger charge is -2.33. The lowest BCUT2D eigenvalue weighted by atomic mass is 9.90. The van der Waals surface area contributed by atoms with Gasteiger partial charge in [0.1, 0.15) is 5.82 Å². The SMILES string of the molecule is O=C1CCCN1CC(=O)N1CCC[C@H](c2[nH]ncc2-c2ccc(F)cc2)C1. The molecule has 27 heavy (non-hydrogen) atoms. The van der Waals surface area contributed by atoms with Crippen LogP contribution in [-0.4, -0.2) is 58.0 Å². The summed E-state index contributed by atoms with van der Waals surface area (Å²) in [5, 5.41) is 7.27. The molecule has 1 atom stereocenters. The van der Waals surface area contributed by atoms with Gasteiger partial charge in [-0.25, -0.2) is 4.39 Å². The van der Waals surface area contributed by atoms with Gasteiger partial charge in [0.15, 0.2) is 0 Å². The Bertz CT molecular complexity index is 833. The van der Waals surface area contributed by atoms with Crippen LogP contribution in [0.1, 0.15) is 37.3 Å². The molecule has 0 aliphatic carbocycles. The fraction of sp³-hybridized carbons (Fsp3) is 0.450. The molecule has 1 N–H and O–H groups in total. The molecule has 0 radical (unpaired) electrons. The normalized spacial score (nSPS) is 20.3. The number of rotatable bonds is 4. The van der Waals surface area contributed by atoms with Crippen LogP contribution in [0.5, 0.6) is 0 Å². The maximum absolute atomic E-state index is 13.2. The largest absolute Gasteiger partial charge is 0.340 e. The highest BCUT2D eigenvalue weighted by atomic mass is 19.1. The number of aromatic amines is 1. The first kappa shape index (κ1) is 17.7. The summed E-state index contributed by atoms with van der Waals surface area (Å²) in [4.78, 5) is 28.0. The van der Waals surface area contributed by atoms with Crippen LogP contribution in [-0.2, 0) is 9.59 Å². The van der Waals surface area contributed by atoms with Crippen molar-refractivity contribution in [1.29, 1.82) is 0 Å². The Kier molecular flexibility index (Phi) is 4.92. The molecular formula is C20H23FN4O2. The summed E-state index contributed by atoms with van der Waals surface area (Å²) >= 11 is 0. The van der Waals surface area contributed by atoms with Crippen molar-refractivity contribution in [2.75, 3.05) is 26.2 Å². The standard InChI is InChI=1S/C20H23FN4O2/c21-16-7-5-14(6-8-16)17-11-22-23-20(17)15-3-1-9-24(12-15)19(27)13-25-10-2-4-18(25)26/h5-8,11,15H,1-4,9-10,12-13H2,(H,22,23)/t15-/m0/s1. The number of amides is 2. The number of carbonyl (C=O) groups excluding carboxylic acids is 2. The molecule has 2 fully saturated rings. The minimum Gasteiger partial charge on any atom is -0.340 e. The number of nitrogens with zero attached hydrogens (tertiary/aromatic N) is 3. The molecule has 2 aromatic rings. The first-order valence-corrected chi connectivity index (χ1v) is 9.46. The number of piperidine rings is 1. The van der Waals surface area contributed by atoms with Crippen LogP contribution in [0.25, 0.3) is 11.1 Å². The van der Waals surface area contributed by atoms with Crippen LogP contribution in [0.3, 0.4) is 0 Å². The molecule has 1 aromatic carbocycles. The Morgan fingerprint density at radius 2 is 2.04 bits per heavy atom. The number of carbonyl (C=O) groups is 2. The number of likely N-dealkylation sites (tertiary alicyclic amines) is 2. The highest BCUT2D eigenvalue weighted by Crippen LogP contribution is 2.33. The van der Waals surface area contributed by atoms with E-state index in [-0.39, 0.29) is 30.1 Å². The third-order valence-electron chi connectivity index (χ3n) is 5.50. The van der Waals surface area contributed by atoms with Crippen molar-refractivity contribution in [1.82, 2.24) is 20.0 Å². The number of hydrogen-bond acceptors (Lipinski definition) is 3. The van der Waals surface area contributed by atoms with Crippen molar-refractivity contribution in [3.05, 3.63) is 42.0 Å². The van der Waals surface area contributed by atoms with Crippen molar-refractivity contribution in [3.63, 3.8) is 0 Å². The average molecular weight is 370 g/mol. The van der Waals surface area contributed by atoms with Gasteiger partial charge in [-0.1, -0.05) is 12.1 Å². The van der Waals surface area contributed by atoms with Gasteiger partial charge in [0, 0.05) is 43.2 Å². The summed E-state index contributed by atoms with van der Waals surface area (Å²) in [6, 6.07) is 6.37. The van der Waals surface area contributed by atoms with E-state index in [1.54, 1.807) is 23.2 Å². The quantitative estimate of drug-likeness (QED) is 0.899. The second-order valence-electron chi connectivity index (χ2n) is 7.30. The van der Waals surface area contributed by atoms with E-state index >= 15 is 0 Å². The smallest absolute Gasteiger partial charge is 0.242 e. The van der Waals surface area contributed by atoms with Crippen molar-refractivity contribution in [2.45, 2.75) is 31.6 Å². The zero-order chi connectivity index (χ0) is 18.8. The van der Waals surface area contributed by atoms with Gasteiger partial charge in [-0.05, 0) is 37.0 Å². The third-order valence-corrected chi connectivity index (χ3v) is 5.50. The summed E-state index contributed by atoms with van der Waals surface area (Å²) in [6.07, 6.45) is 5.01. The first-order valence-electron chi connectivity index (χ1n) is 9.46. The van der Waals surface area contributed by atoms with Gasteiger partial charge >= 0.3 is 0 Å². The third kappa shape index (κ3) is 3.72. The molecule has 0 unspecified atom stereocenters. The monoisotopic (exact) mass is 370 g/mol. The number of aromatic nitrogens is 2. The summed E-state index contributed by atoms with van der Waals surface area (Å²) in [5.41, 5.74) is 2.84. The van der Waals surface area contributed by atoms with E-state index in [1.165, 1.54) is 12.1 Å². The van der Waals surface area contributed by atoms with E-state index in [1.807, 2.05) is 4.90 Å². The van der Waals surface area contributed by atoms with Crippen LogP contribution < -0.4 is 0 Å². The van der Waals surface area contributed by atoms with Gasteiger partial charge in [0.25, 0.3) is 0 Å². The molecule has 2 aliphatic rings. The van der Waals surface area contributed by atoms with Crippen molar-refractivity contribution >= 4 is 11.8 Å². The molecule has 2 saturated heterocycles. The molecule has 6 nitrogen and oxygen atoms in total. The molecule has 0 spiro atoms. The van der Waals surface area contributed by atoms with Crippen LogP contribution in [0.4, 0.5) is 4.39 Å². The zero-order valence-corrected chi connectivity index (χ0v) is 15.2. The summed E-state index contributed by atoms with van der Waals surface area (Å²) in [5.74, 6) is -0.0314. The molecule has 2 amide bonds. The highest BCUT2D eigenvalue weighted by molar-refractivity contribution is 5.86. The van der Waals surface area contributed by atoms with Crippen LogP contribution in [0.2, 0.25) is 0 Å². The van der Waals surface area contributed by atoms with E-state index in [2.05, 4.69) is 10.2 Å². The predicted molar refractivity (Wildman–Crippen MR) is 98.4 cm³/mol. The molecule has 142 valence electrons. The second kappa shape index (κ2) is 7.50. The Labute approximate surface area is 157 Å². The maximum Gasteiger partial charge on any atom is 0.242 e. The maximum atomic E-state index is 13.2. The lowest BCUT2D eigenvalue weighted by molar-refractivity contribution is -0.139. The van der Waals surface area contributed by atoms with Crippen molar-refractivity contribution in [2.24, 2.45) is 0 Å². The van der Waals surface area contributed by atoms with Gasteiger partial charge in [0.2, 0.25) is 11.8 Å². The van der Waals surface area contributed by atoms with Crippen molar-refractivity contribution in [3.8, 4) is 11.1 Å². The van der Waals surface area contributed by atoms with Crippen LogP contribution in [0.15, 0.2) is 30.5 Å². The predicted octanol–water partition coefficient (Wildman–Crippen LogP) is 2.54. The Balaban J connectivity index is 1.47. The van der Waals surface area contributed by atoms with E-state index < -0.39 is 0 Å². The number of halogens is 1. The van der Waals surface area contributed by atoms with Gasteiger partial charge in [-0.15, -0.1) is 0 Å². The Morgan fingerprint density at radius 3 is 2.78 bits per heavy atom. The molecule has 0 saturated carbocycles. The number of hydrogen-bond donors (Lipinski definition) is 1. The van der Waals surface area contributed by atoms with Crippen LogP contribution >= 0.6 is 0 Å². The summed E-state index contributed by atoms with van der Waals surface area (Å²) in [7, 11) is 0. The van der Waals surface area contributed by atoms with Crippen LogP contribution in [0, 0.1) is 5.82 Å². The van der Waals surface area contributed by atoms with E-state index in [4.69, 9.17) is 0 Å². The molecule has 1 aromatic heterocycles. The summed E-state index contributed by atoms with van der Waals surface area (Å²) in [6.45, 7) is 2.19. The van der Waals surface area contributed by atoms with Gasteiger partial charge in [-0.2, -0.15) is 5.10 Å². The minimum atomic E-state index is -0.269. The average Bonchev–Trinajstić information content (AvgIpc) is 3.32. The lowest BCUT2D eigenvalue weighted by Crippen LogP contribution is -2.45. The first-order chi connectivity index (χ1) is 13.1.